The number of benzene rings is 1. The molecule has 0 saturated heterocycles. The van der Waals surface area contributed by atoms with Crippen molar-refractivity contribution in [3.8, 4) is 11.5 Å². The maximum atomic E-state index is 5.50. The molecule has 2 heteroatoms. The van der Waals surface area contributed by atoms with E-state index in [9.17, 15) is 0 Å². The van der Waals surface area contributed by atoms with Gasteiger partial charge in [0.05, 0.1) is 13.2 Å². The Labute approximate surface area is 85.8 Å². The summed E-state index contributed by atoms with van der Waals surface area (Å²) >= 11 is 0. The molecule has 0 aliphatic carbocycles. The zero-order valence-corrected chi connectivity index (χ0v) is 8.95. The van der Waals surface area contributed by atoms with Crippen LogP contribution < -0.4 is 9.47 Å². The summed E-state index contributed by atoms with van der Waals surface area (Å²) in [5.74, 6) is 1.78. The van der Waals surface area contributed by atoms with Crippen molar-refractivity contribution in [2.45, 2.75) is 26.7 Å². The molecule has 0 unspecified atom stereocenters. The molecule has 0 heterocycles. The minimum absolute atomic E-state index is 0.761. The predicted molar refractivity (Wildman–Crippen MR) is 58.0 cm³/mol. The standard InChI is InChI=1S/C12H18O2/c1-3-8-13-11-6-5-7-12(10-11)14-9-4-2/h5-7,10H,3-4,8-9H2,1-2H3. The van der Waals surface area contributed by atoms with Gasteiger partial charge in [-0.2, -0.15) is 0 Å². The molecule has 0 saturated carbocycles. The fourth-order valence-electron chi connectivity index (χ4n) is 1.09. The number of hydrogen-bond donors (Lipinski definition) is 0. The van der Waals surface area contributed by atoms with Gasteiger partial charge < -0.3 is 9.47 Å². The summed E-state index contributed by atoms with van der Waals surface area (Å²) in [5.41, 5.74) is 0. The van der Waals surface area contributed by atoms with Gasteiger partial charge in [0.25, 0.3) is 0 Å². The van der Waals surface area contributed by atoms with Crippen LogP contribution in [0.15, 0.2) is 24.3 Å². The average Bonchev–Trinajstić information content (AvgIpc) is 2.24. The van der Waals surface area contributed by atoms with E-state index in [0.29, 0.717) is 0 Å². The quantitative estimate of drug-likeness (QED) is 0.692. The zero-order valence-electron chi connectivity index (χ0n) is 8.95. The molecule has 0 fully saturated rings. The van der Waals surface area contributed by atoms with E-state index in [-0.39, 0.29) is 0 Å². The largest absolute Gasteiger partial charge is 0.493 e. The Bertz CT molecular complexity index is 235. The van der Waals surface area contributed by atoms with Gasteiger partial charge in [-0.1, -0.05) is 19.9 Å². The van der Waals surface area contributed by atoms with Crippen LogP contribution in [0.3, 0.4) is 0 Å². The highest BCUT2D eigenvalue weighted by Gasteiger charge is 1.96. The molecule has 0 aliphatic rings. The molecule has 78 valence electrons. The van der Waals surface area contributed by atoms with Gasteiger partial charge in [0.2, 0.25) is 0 Å². The summed E-state index contributed by atoms with van der Waals surface area (Å²) in [6.45, 7) is 5.71. The SMILES string of the molecule is CCCOc1cccc(OCCC)c1. The van der Waals surface area contributed by atoms with Gasteiger partial charge in [0.1, 0.15) is 11.5 Å². The third-order valence-corrected chi connectivity index (χ3v) is 1.75. The fourth-order valence-corrected chi connectivity index (χ4v) is 1.09. The number of ether oxygens (including phenoxy) is 2. The first-order valence-electron chi connectivity index (χ1n) is 5.22. The first kappa shape index (κ1) is 10.9. The molecule has 0 aromatic heterocycles. The highest BCUT2D eigenvalue weighted by molar-refractivity contribution is 5.32. The van der Waals surface area contributed by atoms with Crippen LogP contribution in [0.4, 0.5) is 0 Å². The molecule has 1 aromatic carbocycles. The van der Waals surface area contributed by atoms with Crippen LogP contribution >= 0.6 is 0 Å². The fraction of sp³-hybridized carbons (Fsp3) is 0.500. The predicted octanol–water partition coefficient (Wildman–Crippen LogP) is 3.26. The lowest BCUT2D eigenvalue weighted by molar-refractivity contribution is 0.301. The molecule has 0 amide bonds. The van der Waals surface area contributed by atoms with E-state index in [1.54, 1.807) is 0 Å². The minimum Gasteiger partial charge on any atom is -0.493 e. The minimum atomic E-state index is 0.761. The summed E-state index contributed by atoms with van der Waals surface area (Å²) in [6.07, 6.45) is 2.06. The van der Waals surface area contributed by atoms with E-state index in [4.69, 9.17) is 9.47 Å². The molecule has 0 aliphatic heterocycles. The smallest absolute Gasteiger partial charge is 0.122 e. The highest BCUT2D eigenvalue weighted by atomic mass is 16.5. The molecule has 0 spiro atoms. The molecule has 1 aromatic rings. The average molecular weight is 194 g/mol. The first-order valence-corrected chi connectivity index (χ1v) is 5.22. The van der Waals surface area contributed by atoms with E-state index < -0.39 is 0 Å². The summed E-state index contributed by atoms with van der Waals surface area (Å²) < 4.78 is 11.0. The van der Waals surface area contributed by atoms with Gasteiger partial charge >= 0.3 is 0 Å². The van der Waals surface area contributed by atoms with E-state index >= 15 is 0 Å². The van der Waals surface area contributed by atoms with E-state index in [0.717, 1.165) is 37.6 Å². The van der Waals surface area contributed by atoms with Gasteiger partial charge in [-0.05, 0) is 25.0 Å². The van der Waals surface area contributed by atoms with Crippen LogP contribution in [0.1, 0.15) is 26.7 Å². The van der Waals surface area contributed by atoms with Gasteiger partial charge in [-0.25, -0.2) is 0 Å². The number of hydrogen-bond acceptors (Lipinski definition) is 2. The molecule has 0 bridgehead atoms. The van der Waals surface area contributed by atoms with E-state index in [1.165, 1.54) is 0 Å². The van der Waals surface area contributed by atoms with Crippen molar-refractivity contribution in [1.82, 2.24) is 0 Å². The maximum Gasteiger partial charge on any atom is 0.122 e. The lowest BCUT2D eigenvalue weighted by Crippen LogP contribution is -1.97. The molecule has 14 heavy (non-hydrogen) atoms. The molecule has 0 radical (unpaired) electrons. The van der Waals surface area contributed by atoms with Crippen molar-refractivity contribution in [2.75, 3.05) is 13.2 Å². The number of rotatable bonds is 6. The topological polar surface area (TPSA) is 18.5 Å². The maximum absolute atomic E-state index is 5.50. The van der Waals surface area contributed by atoms with Crippen LogP contribution in [0.5, 0.6) is 11.5 Å². The summed E-state index contributed by atoms with van der Waals surface area (Å²) in [5, 5.41) is 0. The second kappa shape index (κ2) is 6.30. The molecule has 2 nitrogen and oxygen atoms in total. The summed E-state index contributed by atoms with van der Waals surface area (Å²) in [7, 11) is 0. The summed E-state index contributed by atoms with van der Waals surface area (Å²) in [6, 6.07) is 7.80. The third-order valence-electron chi connectivity index (χ3n) is 1.75. The Kier molecular flexibility index (Phi) is 4.90. The molecule has 0 atom stereocenters. The molecular formula is C12H18O2. The Morgan fingerprint density at radius 2 is 1.43 bits per heavy atom. The van der Waals surface area contributed by atoms with E-state index in [1.807, 2.05) is 24.3 Å². The van der Waals surface area contributed by atoms with Crippen LogP contribution in [0.25, 0.3) is 0 Å². The second-order valence-electron chi connectivity index (χ2n) is 3.17. The first-order chi connectivity index (χ1) is 6.86. The lowest BCUT2D eigenvalue weighted by atomic mass is 10.3. The van der Waals surface area contributed by atoms with Gasteiger partial charge in [0, 0.05) is 6.07 Å². The van der Waals surface area contributed by atoms with Crippen molar-refractivity contribution in [3.63, 3.8) is 0 Å². The summed E-state index contributed by atoms with van der Waals surface area (Å²) in [4.78, 5) is 0. The van der Waals surface area contributed by atoms with Crippen LogP contribution in [0, 0.1) is 0 Å². The monoisotopic (exact) mass is 194 g/mol. The van der Waals surface area contributed by atoms with Crippen LogP contribution in [0.2, 0.25) is 0 Å². The van der Waals surface area contributed by atoms with Crippen LogP contribution in [-0.4, -0.2) is 13.2 Å². The Morgan fingerprint density at radius 1 is 0.929 bits per heavy atom. The van der Waals surface area contributed by atoms with Crippen molar-refractivity contribution in [2.24, 2.45) is 0 Å². The van der Waals surface area contributed by atoms with Gasteiger partial charge in [0.15, 0.2) is 0 Å². The molecule has 0 N–H and O–H groups in total. The van der Waals surface area contributed by atoms with Gasteiger partial charge in [-0.3, -0.25) is 0 Å². The highest BCUT2D eigenvalue weighted by Crippen LogP contribution is 2.19. The normalized spacial score (nSPS) is 9.86. The molecular weight excluding hydrogens is 176 g/mol. The molecule has 1 rings (SSSR count). The second-order valence-corrected chi connectivity index (χ2v) is 3.17. The Hall–Kier alpha value is -1.18. The zero-order chi connectivity index (χ0) is 10.2. The van der Waals surface area contributed by atoms with Gasteiger partial charge in [-0.15, -0.1) is 0 Å². The third kappa shape index (κ3) is 3.69. The van der Waals surface area contributed by atoms with Crippen molar-refractivity contribution >= 4 is 0 Å². The van der Waals surface area contributed by atoms with Crippen molar-refractivity contribution < 1.29 is 9.47 Å². The van der Waals surface area contributed by atoms with Crippen molar-refractivity contribution in [1.29, 1.82) is 0 Å². The van der Waals surface area contributed by atoms with Crippen molar-refractivity contribution in [3.05, 3.63) is 24.3 Å². The lowest BCUT2D eigenvalue weighted by Gasteiger charge is -2.07. The Morgan fingerprint density at radius 3 is 1.86 bits per heavy atom. The Balaban J connectivity index is 2.50. The van der Waals surface area contributed by atoms with Crippen LogP contribution in [-0.2, 0) is 0 Å². The van der Waals surface area contributed by atoms with E-state index in [2.05, 4.69) is 13.8 Å².